The summed E-state index contributed by atoms with van der Waals surface area (Å²) in [6.07, 6.45) is 3.33. The first-order valence-electron chi connectivity index (χ1n) is 5.05. The van der Waals surface area contributed by atoms with Crippen molar-refractivity contribution in [2.75, 3.05) is 6.54 Å². The van der Waals surface area contributed by atoms with E-state index >= 15 is 0 Å². The minimum Gasteiger partial charge on any atom is -0.353 e. The van der Waals surface area contributed by atoms with Crippen LogP contribution in [0.4, 0.5) is 0 Å². The molecular weight excluding hydrogens is 160 g/mol. The van der Waals surface area contributed by atoms with Crippen molar-refractivity contribution in [3.05, 3.63) is 24.0 Å². The number of rotatable bonds is 5. The van der Waals surface area contributed by atoms with Gasteiger partial charge in [0.2, 0.25) is 0 Å². The van der Waals surface area contributed by atoms with Crippen LogP contribution in [0.25, 0.3) is 0 Å². The lowest BCUT2D eigenvalue weighted by molar-refractivity contribution is 0.494. The maximum absolute atomic E-state index is 3.46. The van der Waals surface area contributed by atoms with E-state index in [2.05, 4.69) is 49.1 Å². The first-order valence-corrected chi connectivity index (χ1v) is 5.05. The second kappa shape index (κ2) is 5.07. The van der Waals surface area contributed by atoms with E-state index in [1.807, 2.05) is 0 Å². The second-order valence-corrected chi connectivity index (χ2v) is 3.75. The molecule has 2 heteroatoms. The van der Waals surface area contributed by atoms with Gasteiger partial charge in [-0.05, 0) is 24.6 Å². The van der Waals surface area contributed by atoms with Gasteiger partial charge in [0.05, 0.1) is 0 Å². The summed E-state index contributed by atoms with van der Waals surface area (Å²) in [4.78, 5) is 0. The molecule has 1 aromatic rings. The molecule has 74 valence electrons. The third-order valence-electron chi connectivity index (χ3n) is 2.55. The summed E-state index contributed by atoms with van der Waals surface area (Å²) in [5, 5.41) is 3.46. The van der Waals surface area contributed by atoms with Crippen LogP contribution in [0.15, 0.2) is 18.3 Å². The molecule has 0 aliphatic rings. The third-order valence-corrected chi connectivity index (χ3v) is 2.55. The molecule has 0 bridgehead atoms. The van der Waals surface area contributed by atoms with Gasteiger partial charge in [-0.25, -0.2) is 0 Å². The number of aryl methyl sites for hydroxylation is 1. The van der Waals surface area contributed by atoms with Crippen LogP contribution in [0.3, 0.4) is 0 Å². The van der Waals surface area contributed by atoms with Crippen molar-refractivity contribution in [1.29, 1.82) is 0 Å². The molecule has 0 aliphatic carbocycles. The number of hydrogen-bond donors (Lipinski definition) is 1. The lowest BCUT2D eigenvalue weighted by atomic mass is 10.1. The molecule has 0 fully saturated rings. The maximum Gasteiger partial charge on any atom is 0.0359 e. The van der Waals surface area contributed by atoms with Crippen LogP contribution >= 0.6 is 0 Å². The molecule has 1 heterocycles. The fraction of sp³-hybridized carbons (Fsp3) is 0.636. The van der Waals surface area contributed by atoms with E-state index in [-0.39, 0.29) is 0 Å². The molecule has 1 aromatic heterocycles. The summed E-state index contributed by atoms with van der Waals surface area (Å²) in [7, 11) is 2.08. The molecule has 0 aromatic carbocycles. The third kappa shape index (κ3) is 3.23. The van der Waals surface area contributed by atoms with E-state index in [1.54, 1.807) is 0 Å². The van der Waals surface area contributed by atoms with Gasteiger partial charge in [-0.2, -0.15) is 0 Å². The zero-order valence-electron chi connectivity index (χ0n) is 8.88. The number of nitrogens with one attached hydrogen (secondary N) is 1. The number of hydrogen-bond acceptors (Lipinski definition) is 1. The highest BCUT2D eigenvalue weighted by Gasteiger charge is 1.99. The average molecular weight is 180 g/mol. The van der Waals surface area contributed by atoms with Gasteiger partial charge in [-0.1, -0.05) is 20.3 Å². The second-order valence-electron chi connectivity index (χ2n) is 3.75. The summed E-state index contributed by atoms with van der Waals surface area (Å²) >= 11 is 0. The van der Waals surface area contributed by atoms with Crippen LogP contribution in [0, 0.1) is 5.92 Å². The molecule has 1 atom stereocenters. The van der Waals surface area contributed by atoms with Crippen molar-refractivity contribution in [2.45, 2.75) is 26.8 Å². The van der Waals surface area contributed by atoms with Crippen molar-refractivity contribution in [3.8, 4) is 0 Å². The van der Waals surface area contributed by atoms with Gasteiger partial charge >= 0.3 is 0 Å². The van der Waals surface area contributed by atoms with Crippen LogP contribution in [-0.2, 0) is 13.6 Å². The zero-order chi connectivity index (χ0) is 9.68. The summed E-state index contributed by atoms with van der Waals surface area (Å²) in [6, 6.07) is 4.24. The molecule has 0 saturated heterocycles. The van der Waals surface area contributed by atoms with E-state index in [4.69, 9.17) is 0 Å². The summed E-state index contributed by atoms with van der Waals surface area (Å²) in [5.74, 6) is 0.778. The molecule has 1 rings (SSSR count). The van der Waals surface area contributed by atoms with E-state index in [0.29, 0.717) is 0 Å². The highest BCUT2D eigenvalue weighted by molar-refractivity contribution is 5.05. The van der Waals surface area contributed by atoms with Gasteiger partial charge in [0.15, 0.2) is 0 Å². The lowest BCUT2D eigenvalue weighted by Gasteiger charge is -2.10. The van der Waals surface area contributed by atoms with Crippen molar-refractivity contribution in [3.63, 3.8) is 0 Å². The van der Waals surface area contributed by atoms with Crippen molar-refractivity contribution >= 4 is 0 Å². The van der Waals surface area contributed by atoms with E-state index in [1.165, 1.54) is 12.1 Å². The largest absolute Gasteiger partial charge is 0.353 e. The Labute approximate surface area is 81.0 Å². The Hall–Kier alpha value is -0.760. The normalized spacial score (nSPS) is 13.2. The van der Waals surface area contributed by atoms with Gasteiger partial charge in [-0.15, -0.1) is 0 Å². The van der Waals surface area contributed by atoms with Crippen LogP contribution in [-0.4, -0.2) is 11.1 Å². The van der Waals surface area contributed by atoms with E-state index in [9.17, 15) is 0 Å². The maximum atomic E-state index is 3.46. The molecule has 13 heavy (non-hydrogen) atoms. The van der Waals surface area contributed by atoms with Crippen LogP contribution < -0.4 is 5.32 Å². The summed E-state index contributed by atoms with van der Waals surface area (Å²) in [6.45, 7) is 6.60. The van der Waals surface area contributed by atoms with Crippen LogP contribution in [0.1, 0.15) is 26.0 Å². The minimum absolute atomic E-state index is 0.778. The van der Waals surface area contributed by atoms with Crippen LogP contribution in [0.5, 0.6) is 0 Å². The Bertz CT molecular complexity index is 240. The topological polar surface area (TPSA) is 17.0 Å². The monoisotopic (exact) mass is 180 g/mol. The Morgan fingerprint density at radius 3 is 2.85 bits per heavy atom. The Morgan fingerprint density at radius 2 is 2.31 bits per heavy atom. The smallest absolute Gasteiger partial charge is 0.0359 e. The van der Waals surface area contributed by atoms with Crippen molar-refractivity contribution in [2.24, 2.45) is 13.0 Å². The molecule has 0 aliphatic heterocycles. The predicted octanol–water partition coefficient (Wildman–Crippen LogP) is 2.16. The molecule has 0 spiro atoms. The Morgan fingerprint density at radius 1 is 1.54 bits per heavy atom. The standard InChI is InChI=1S/C11H20N2/c1-4-10(2)8-12-9-11-6-5-7-13(11)3/h5-7,10,12H,4,8-9H2,1-3H3. The lowest BCUT2D eigenvalue weighted by Crippen LogP contribution is -2.21. The molecule has 0 amide bonds. The fourth-order valence-corrected chi connectivity index (χ4v) is 1.27. The highest BCUT2D eigenvalue weighted by atomic mass is 15.0. The first kappa shape index (κ1) is 10.3. The average Bonchev–Trinajstić information content (AvgIpc) is 2.52. The van der Waals surface area contributed by atoms with Gasteiger partial charge in [0, 0.05) is 25.5 Å². The molecule has 1 unspecified atom stereocenters. The number of aromatic nitrogens is 1. The molecule has 0 saturated carbocycles. The highest BCUT2D eigenvalue weighted by Crippen LogP contribution is 2.01. The summed E-state index contributed by atoms with van der Waals surface area (Å²) in [5.41, 5.74) is 1.35. The van der Waals surface area contributed by atoms with Gasteiger partial charge in [0.25, 0.3) is 0 Å². The molecule has 2 nitrogen and oxygen atoms in total. The van der Waals surface area contributed by atoms with Crippen LogP contribution in [0.2, 0.25) is 0 Å². The van der Waals surface area contributed by atoms with E-state index in [0.717, 1.165) is 19.0 Å². The van der Waals surface area contributed by atoms with Gasteiger partial charge in [0.1, 0.15) is 0 Å². The zero-order valence-corrected chi connectivity index (χ0v) is 8.88. The fourth-order valence-electron chi connectivity index (χ4n) is 1.27. The quantitative estimate of drug-likeness (QED) is 0.734. The SMILES string of the molecule is CCC(C)CNCc1cccn1C. The number of nitrogens with zero attached hydrogens (tertiary/aromatic N) is 1. The molecular formula is C11H20N2. The van der Waals surface area contributed by atoms with Gasteiger partial charge < -0.3 is 9.88 Å². The van der Waals surface area contributed by atoms with E-state index < -0.39 is 0 Å². The van der Waals surface area contributed by atoms with Gasteiger partial charge in [-0.3, -0.25) is 0 Å². The molecule has 0 radical (unpaired) electrons. The Balaban J connectivity index is 2.24. The summed E-state index contributed by atoms with van der Waals surface area (Å²) < 4.78 is 2.16. The Kier molecular flexibility index (Phi) is 4.03. The van der Waals surface area contributed by atoms with Crippen molar-refractivity contribution < 1.29 is 0 Å². The van der Waals surface area contributed by atoms with Crippen molar-refractivity contribution in [1.82, 2.24) is 9.88 Å². The predicted molar refractivity (Wildman–Crippen MR) is 56.6 cm³/mol. The minimum atomic E-state index is 0.778. The molecule has 1 N–H and O–H groups in total. The first-order chi connectivity index (χ1) is 6.24.